The Morgan fingerprint density at radius 2 is 2.11 bits per heavy atom. The van der Waals surface area contributed by atoms with Crippen molar-refractivity contribution in [3.63, 3.8) is 0 Å². The summed E-state index contributed by atoms with van der Waals surface area (Å²) in [7, 11) is 1.62. The Morgan fingerprint density at radius 1 is 1.47 bits per heavy atom. The first-order valence-corrected chi connectivity index (χ1v) is 6.11. The number of hydrogen-bond acceptors (Lipinski definition) is 2. The molecular formula is C15H20FNO2. The number of allylic oxidation sites excluding steroid dienone is 1. The van der Waals surface area contributed by atoms with E-state index in [2.05, 4.69) is 0 Å². The number of carbonyl (C=O) groups is 1. The lowest BCUT2D eigenvalue weighted by molar-refractivity contribution is -0.127. The number of halogens is 1. The second-order valence-corrected chi connectivity index (χ2v) is 5.34. The molecule has 0 unspecified atom stereocenters. The molecule has 1 aromatic rings. The van der Waals surface area contributed by atoms with E-state index in [1.54, 1.807) is 40.0 Å². The Kier molecular flexibility index (Phi) is 4.84. The molecule has 19 heavy (non-hydrogen) atoms. The molecule has 0 saturated carbocycles. The molecule has 0 atom stereocenters. The van der Waals surface area contributed by atoms with Crippen molar-refractivity contribution in [1.29, 1.82) is 0 Å². The van der Waals surface area contributed by atoms with Gasteiger partial charge in [0, 0.05) is 19.7 Å². The van der Waals surface area contributed by atoms with E-state index in [0.29, 0.717) is 11.1 Å². The van der Waals surface area contributed by atoms with Gasteiger partial charge in [-0.05, 0) is 44.0 Å². The Labute approximate surface area is 113 Å². The van der Waals surface area contributed by atoms with E-state index in [-0.39, 0.29) is 18.3 Å². The maximum Gasteiger partial charge on any atom is 0.246 e. The average molecular weight is 265 g/mol. The smallest absolute Gasteiger partial charge is 0.246 e. The molecule has 1 rings (SSSR count). The monoisotopic (exact) mass is 265 g/mol. The second kappa shape index (κ2) is 5.97. The van der Waals surface area contributed by atoms with E-state index in [9.17, 15) is 14.3 Å². The Hall–Kier alpha value is -1.68. The van der Waals surface area contributed by atoms with Gasteiger partial charge in [-0.15, -0.1) is 0 Å². The van der Waals surface area contributed by atoms with Crippen LogP contribution in [0.5, 0.6) is 0 Å². The van der Waals surface area contributed by atoms with E-state index in [4.69, 9.17) is 0 Å². The van der Waals surface area contributed by atoms with Gasteiger partial charge < -0.3 is 10.0 Å². The summed E-state index contributed by atoms with van der Waals surface area (Å²) in [6.07, 6.45) is 1.44. The topological polar surface area (TPSA) is 40.5 Å². The van der Waals surface area contributed by atoms with Crippen molar-refractivity contribution in [2.75, 3.05) is 13.6 Å². The van der Waals surface area contributed by atoms with E-state index >= 15 is 0 Å². The molecule has 0 aliphatic rings. The third kappa shape index (κ3) is 5.22. The van der Waals surface area contributed by atoms with Crippen LogP contribution in [0, 0.1) is 5.82 Å². The molecule has 0 aliphatic carbocycles. The molecule has 1 aromatic carbocycles. The summed E-state index contributed by atoms with van der Waals surface area (Å²) >= 11 is 0. The highest BCUT2D eigenvalue weighted by Crippen LogP contribution is 2.15. The highest BCUT2D eigenvalue weighted by atomic mass is 19.1. The standard InChI is InChI=1S/C15H20FNO2/c1-11(12-6-5-7-13(16)9-12)8-14(18)17(4)10-15(2,3)19/h5-9,19H,10H2,1-4H3. The minimum Gasteiger partial charge on any atom is -0.389 e. The highest BCUT2D eigenvalue weighted by Gasteiger charge is 2.18. The van der Waals surface area contributed by atoms with Crippen LogP contribution >= 0.6 is 0 Å². The van der Waals surface area contributed by atoms with Gasteiger partial charge in [-0.25, -0.2) is 4.39 Å². The highest BCUT2D eigenvalue weighted by molar-refractivity contribution is 5.94. The number of rotatable bonds is 4. The van der Waals surface area contributed by atoms with Gasteiger partial charge in [0.25, 0.3) is 0 Å². The number of benzene rings is 1. The molecule has 0 fully saturated rings. The fourth-order valence-corrected chi connectivity index (χ4v) is 1.77. The fraction of sp³-hybridized carbons (Fsp3) is 0.400. The van der Waals surface area contributed by atoms with Crippen molar-refractivity contribution >= 4 is 11.5 Å². The molecule has 0 spiro atoms. The zero-order chi connectivity index (χ0) is 14.6. The third-order valence-electron chi connectivity index (χ3n) is 2.62. The fourth-order valence-electron chi connectivity index (χ4n) is 1.77. The van der Waals surface area contributed by atoms with Crippen LogP contribution in [0.3, 0.4) is 0 Å². The zero-order valence-corrected chi connectivity index (χ0v) is 11.8. The zero-order valence-electron chi connectivity index (χ0n) is 11.8. The van der Waals surface area contributed by atoms with Crippen LogP contribution in [0.25, 0.3) is 5.57 Å². The molecule has 4 heteroatoms. The normalized spacial score (nSPS) is 12.4. The predicted molar refractivity (Wildman–Crippen MR) is 74.0 cm³/mol. The largest absolute Gasteiger partial charge is 0.389 e. The first-order chi connectivity index (χ1) is 8.69. The van der Waals surface area contributed by atoms with Gasteiger partial charge >= 0.3 is 0 Å². The van der Waals surface area contributed by atoms with Crippen LogP contribution < -0.4 is 0 Å². The van der Waals surface area contributed by atoms with Crippen molar-refractivity contribution in [2.45, 2.75) is 26.4 Å². The summed E-state index contributed by atoms with van der Waals surface area (Å²) in [5.74, 6) is -0.550. The maximum absolute atomic E-state index is 13.1. The Balaban J connectivity index is 2.81. The summed E-state index contributed by atoms with van der Waals surface area (Å²) in [5.41, 5.74) is 0.419. The van der Waals surface area contributed by atoms with E-state index in [1.165, 1.54) is 23.1 Å². The van der Waals surface area contributed by atoms with Gasteiger partial charge in [0.05, 0.1) is 5.60 Å². The molecular weight excluding hydrogens is 245 g/mol. The number of carbonyl (C=O) groups excluding carboxylic acids is 1. The summed E-state index contributed by atoms with van der Waals surface area (Å²) < 4.78 is 13.1. The molecule has 0 aromatic heterocycles. The molecule has 0 saturated heterocycles. The van der Waals surface area contributed by atoms with Crippen molar-refractivity contribution in [2.24, 2.45) is 0 Å². The first kappa shape index (κ1) is 15.4. The minimum atomic E-state index is -0.939. The van der Waals surface area contributed by atoms with Crippen LogP contribution in [0.4, 0.5) is 4.39 Å². The molecule has 1 amide bonds. The van der Waals surface area contributed by atoms with Gasteiger partial charge in [-0.2, -0.15) is 0 Å². The van der Waals surface area contributed by atoms with Gasteiger partial charge in [-0.1, -0.05) is 12.1 Å². The van der Waals surface area contributed by atoms with Gasteiger partial charge in [0.1, 0.15) is 5.82 Å². The molecule has 1 N–H and O–H groups in total. The van der Waals surface area contributed by atoms with Gasteiger partial charge in [0.2, 0.25) is 5.91 Å². The average Bonchev–Trinajstić information content (AvgIpc) is 2.26. The molecule has 0 bridgehead atoms. The Morgan fingerprint density at radius 3 is 2.63 bits per heavy atom. The minimum absolute atomic E-state index is 0.219. The van der Waals surface area contributed by atoms with Crippen LogP contribution in [0.2, 0.25) is 0 Å². The lowest BCUT2D eigenvalue weighted by Gasteiger charge is -2.24. The van der Waals surface area contributed by atoms with E-state index < -0.39 is 5.60 Å². The van der Waals surface area contributed by atoms with Crippen molar-refractivity contribution in [1.82, 2.24) is 4.90 Å². The van der Waals surface area contributed by atoms with E-state index in [1.807, 2.05) is 0 Å². The summed E-state index contributed by atoms with van der Waals surface area (Å²) in [6, 6.07) is 6.10. The second-order valence-electron chi connectivity index (χ2n) is 5.34. The number of likely N-dealkylation sites (N-methyl/N-ethyl adjacent to an activating group) is 1. The van der Waals surface area contributed by atoms with Gasteiger partial charge in [-0.3, -0.25) is 4.79 Å². The lowest BCUT2D eigenvalue weighted by Crippen LogP contribution is -2.39. The van der Waals surface area contributed by atoms with Crippen molar-refractivity contribution < 1.29 is 14.3 Å². The number of amides is 1. The summed E-state index contributed by atoms with van der Waals surface area (Å²) in [4.78, 5) is 13.4. The lowest BCUT2D eigenvalue weighted by atomic mass is 10.1. The maximum atomic E-state index is 13.1. The quantitative estimate of drug-likeness (QED) is 0.850. The molecule has 0 aliphatic heterocycles. The predicted octanol–water partition coefficient (Wildman–Crippen LogP) is 2.46. The number of nitrogens with zero attached hydrogens (tertiary/aromatic N) is 1. The summed E-state index contributed by atoms with van der Waals surface area (Å²) in [5, 5.41) is 9.66. The van der Waals surface area contributed by atoms with Crippen LogP contribution in [-0.4, -0.2) is 35.1 Å². The van der Waals surface area contributed by atoms with Crippen molar-refractivity contribution in [3.05, 3.63) is 41.7 Å². The molecule has 3 nitrogen and oxygen atoms in total. The Bertz CT molecular complexity index is 489. The number of aliphatic hydroxyl groups is 1. The molecule has 104 valence electrons. The third-order valence-corrected chi connectivity index (χ3v) is 2.62. The summed E-state index contributed by atoms with van der Waals surface area (Å²) in [6.45, 7) is 5.27. The SMILES string of the molecule is CC(=CC(=O)N(C)CC(C)(C)O)c1cccc(F)c1. The van der Waals surface area contributed by atoms with E-state index in [0.717, 1.165) is 0 Å². The van der Waals surface area contributed by atoms with Crippen molar-refractivity contribution in [3.8, 4) is 0 Å². The van der Waals surface area contributed by atoms with Crippen LogP contribution in [-0.2, 0) is 4.79 Å². The number of hydrogen-bond donors (Lipinski definition) is 1. The van der Waals surface area contributed by atoms with Gasteiger partial charge in [0.15, 0.2) is 0 Å². The van der Waals surface area contributed by atoms with Crippen LogP contribution in [0.1, 0.15) is 26.3 Å². The first-order valence-electron chi connectivity index (χ1n) is 6.11. The van der Waals surface area contributed by atoms with Crippen LogP contribution in [0.15, 0.2) is 30.3 Å². The molecule has 0 heterocycles. The molecule has 0 radical (unpaired) electrons.